The number of nitrogens with two attached hydrogens (primary N) is 1. The first kappa shape index (κ1) is 26.0. The minimum atomic E-state index is -1.50. The Labute approximate surface area is 209 Å². The predicted octanol–water partition coefficient (Wildman–Crippen LogP) is -0.486. The predicted molar refractivity (Wildman–Crippen MR) is 133 cm³/mol. The van der Waals surface area contributed by atoms with E-state index in [1.54, 1.807) is 12.1 Å². The minimum absolute atomic E-state index is 0.0620. The second-order valence-electron chi connectivity index (χ2n) is 8.21. The number of rotatable bonds is 9. The first-order valence-electron chi connectivity index (χ1n) is 11.4. The Kier molecular flexibility index (Phi) is 7.35. The van der Waals surface area contributed by atoms with Gasteiger partial charge in [0.15, 0.2) is 17.4 Å². The van der Waals surface area contributed by atoms with Crippen LogP contribution in [0.15, 0.2) is 28.1 Å². The highest BCUT2D eigenvalue weighted by molar-refractivity contribution is 5.84. The number of nitro benzene ring substituents is 1. The van der Waals surface area contributed by atoms with E-state index in [2.05, 4.69) is 25.5 Å². The summed E-state index contributed by atoms with van der Waals surface area (Å²) in [4.78, 5) is 36.0. The lowest BCUT2D eigenvalue weighted by Crippen LogP contribution is -2.33. The Balaban J connectivity index is 1.71. The maximum Gasteiger partial charge on any atom is 0.293 e. The third-order valence-electron chi connectivity index (χ3n) is 6.02. The van der Waals surface area contributed by atoms with E-state index in [1.807, 2.05) is 18.7 Å². The number of hydrogen-bond acceptors (Lipinski definition) is 13. The van der Waals surface area contributed by atoms with E-state index >= 15 is 0 Å². The molecular weight excluding hydrogens is 490 g/mol. The van der Waals surface area contributed by atoms with Crippen molar-refractivity contribution in [3.63, 3.8) is 0 Å². The molecule has 0 spiro atoms. The molecule has 16 nitrogen and oxygen atoms in total. The van der Waals surface area contributed by atoms with Crippen molar-refractivity contribution in [2.45, 2.75) is 38.4 Å². The van der Waals surface area contributed by atoms with Gasteiger partial charge in [0, 0.05) is 24.7 Å². The van der Waals surface area contributed by atoms with Crippen LogP contribution in [0.4, 0.5) is 23.3 Å². The summed E-state index contributed by atoms with van der Waals surface area (Å²) < 4.78 is 6.77. The Hall–Kier alpha value is -4.12. The summed E-state index contributed by atoms with van der Waals surface area (Å²) in [5.74, 6) is -0.319. The number of nitrogens with zero attached hydrogens (tertiary/aromatic N) is 6. The SMILES string of the molecule is CCN(CC)c1ccc(/C=N\Nc2nc3c(=O)[nH]c(N)nc3n2[C@@H]2O[C@@H](CO)[C@@H](O)[C@H]2O)cc1[N+](=O)[O-]. The lowest BCUT2D eigenvalue weighted by molar-refractivity contribution is -0.384. The number of aromatic amines is 1. The number of aliphatic hydroxyl groups is 3. The molecule has 0 saturated carbocycles. The second-order valence-corrected chi connectivity index (χ2v) is 8.21. The number of nitrogen functional groups attached to an aromatic ring is 1. The molecule has 0 unspecified atom stereocenters. The molecule has 0 aliphatic carbocycles. The zero-order valence-corrected chi connectivity index (χ0v) is 20.0. The number of anilines is 3. The highest BCUT2D eigenvalue weighted by Gasteiger charge is 2.45. The molecule has 7 N–H and O–H groups in total. The number of fused-ring (bicyclic) bond motifs is 1. The molecule has 1 aromatic carbocycles. The van der Waals surface area contributed by atoms with Gasteiger partial charge in [-0.2, -0.15) is 10.1 Å². The molecule has 16 heteroatoms. The van der Waals surface area contributed by atoms with E-state index in [-0.39, 0.29) is 28.7 Å². The monoisotopic (exact) mass is 517 g/mol. The van der Waals surface area contributed by atoms with Gasteiger partial charge in [0.05, 0.1) is 17.7 Å². The number of benzene rings is 1. The van der Waals surface area contributed by atoms with Crippen LogP contribution in [-0.2, 0) is 4.74 Å². The lowest BCUT2D eigenvalue weighted by atomic mass is 10.1. The fourth-order valence-corrected chi connectivity index (χ4v) is 4.18. The summed E-state index contributed by atoms with van der Waals surface area (Å²) in [6, 6.07) is 4.67. The molecule has 37 heavy (non-hydrogen) atoms. The van der Waals surface area contributed by atoms with Crippen LogP contribution in [0.2, 0.25) is 0 Å². The third-order valence-corrected chi connectivity index (χ3v) is 6.02. The van der Waals surface area contributed by atoms with Crippen LogP contribution in [0.25, 0.3) is 11.2 Å². The maximum atomic E-state index is 12.4. The van der Waals surface area contributed by atoms with Crippen molar-refractivity contribution in [2.75, 3.05) is 35.8 Å². The smallest absolute Gasteiger partial charge is 0.293 e. The molecule has 0 radical (unpaired) electrons. The number of imidazole rings is 1. The van der Waals surface area contributed by atoms with Gasteiger partial charge in [-0.1, -0.05) is 6.07 Å². The topological polar surface area (TPSA) is 230 Å². The summed E-state index contributed by atoms with van der Waals surface area (Å²) in [7, 11) is 0. The lowest BCUT2D eigenvalue weighted by Gasteiger charge is -2.20. The summed E-state index contributed by atoms with van der Waals surface area (Å²) in [6.07, 6.45) is -4.01. The number of ether oxygens (including phenoxy) is 1. The van der Waals surface area contributed by atoms with Gasteiger partial charge in [-0.15, -0.1) is 0 Å². The molecule has 2 aromatic heterocycles. The molecule has 1 fully saturated rings. The molecule has 3 aromatic rings. The normalized spacial score (nSPS) is 21.6. The minimum Gasteiger partial charge on any atom is -0.394 e. The average molecular weight is 518 g/mol. The van der Waals surface area contributed by atoms with Crippen molar-refractivity contribution in [3.8, 4) is 0 Å². The highest BCUT2D eigenvalue weighted by Crippen LogP contribution is 2.34. The van der Waals surface area contributed by atoms with E-state index in [9.17, 15) is 30.2 Å². The Bertz CT molecular complexity index is 1380. The van der Waals surface area contributed by atoms with Crippen molar-refractivity contribution in [1.29, 1.82) is 0 Å². The van der Waals surface area contributed by atoms with Gasteiger partial charge in [-0.25, -0.2) is 10.4 Å². The number of nitro groups is 1. The van der Waals surface area contributed by atoms with Crippen molar-refractivity contribution < 1.29 is 25.0 Å². The largest absolute Gasteiger partial charge is 0.394 e. The molecular formula is C21H27N9O7. The molecule has 1 aliphatic heterocycles. The Morgan fingerprint density at radius 1 is 1.32 bits per heavy atom. The summed E-state index contributed by atoms with van der Waals surface area (Å²) in [6.45, 7) is 4.43. The number of aromatic nitrogens is 4. The van der Waals surface area contributed by atoms with E-state index in [0.717, 1.165) is 0 Å². The molecule has 4 atom stereocenters. The third kappa shape index (κ3) is 4.82. The first-order valence-corrected chi connectivity index (χ1v) is 11.4. The van der Waals surface area contributed by atoms with E-state index < -0.39 is 41.6 Å². The molecule has 4 rings (SSSR count). The van der Waals surface area contributed by atoms with Crippen LogP contribution in [0, 0.1) is 10.1 Å². The first-order chi connectivity index (χ1) is 17.7. The number of H-pyrrole nitrogens is 1. The van der Waals surface area contributed by atoms with Crippen LogP contribution in [-0.4, -0.2) is 84.0 Å². The van der Waals surface area contributed by atoms with Gasteiger partial charge in [0.1, 0.15) is 24.0 Å². The van der Waals surface area contributed by atoms with Gasteiger partial charge < -0.3 is 30.7 Å². The highest BCUT2D eigenvalue weighted by atomic mass is 16.6. The van der Waals surface area contributed by atoms with Crippen molar-refractivity contribution >= 4 is 40.6 Å². The van der Waals surface area contributed by atoms with E-state index in [4.69, 9.17) is 10.5 Å². The summed E-state index contributed by atoms with van der Waals surface area (Å²) in [5.41, 5.74) is 8.23. The standard InChI is InChI=1S/C21H27N9O7/c1-3-28(4-2)11-6-5-10(7-12(11)30(35)36)8-23-27-21-24-14-17(25-20(22)26-18(14)34)29(21)19-16(33)15(32)13(9-31)37-19/h5-8,13,15-16,19,31-33H,3-4,9H2,1-2H3,(H,24,27)(H3,22,25,26,34)/b23-8-/t13-,15+,16+,19+/m0/s1. The van der Waals surface area contributed by atoms with Crippen LogP contribution < -0.4 is 21.6 Å². The fourth-order valence-electron chi connectivity index (χ4n) is 4.18. The van der Waals surface area contributed by atoms with Crippen LogP contribution in [0.3, 0.4) is 0 Å². The van der Waals surface area contributed by atoms with Gasteiger partial charge in [-0.3, -0.25) is 24.5 Å². The zero-order valence-electron chi connectivity index (χ0n) is 20.0. The molecule has 0 bridgehead atoms. The molecule has 1 aliphatic rings. The average Bonchev–Trinajstić information content (AvgIpc) is 3.36. The van der Waals surface area contributed by atoms with Crippen LogP contribution in [0.5, 0.6) is 0 Å². The Morgan fingerprint density at radius 3 is 2.68 bits per heavy atom. The number of nitrogens with one attached hydrogen (secondary N) is 2. The Morgan fingerprint density at radius 2 is 2.05 bits per heavy atom. The molecule has 3 heterocycles. The maximum absolute atomic E-state index is 12.4. The molecule has 0 amide bonds. The van der Waals surface area contributed by atoms with Crippen molar-refractivity contribution in [2.24, 2.45) is 5.10 Å². The van der Waals surface area contributed by atoms with E-state index in [0.29, 0.717) is 24.3 Å². The number of aliphatic hydroxyl groups excluding tert-OH is 3. The van der Waals surface area contributed by atoms with Gasteiger partial charge >= 0.3 is 0 Å². The van der Waals surface area contributed by atoms with Gasteiger partial charge in [0.2, 0.25) is 11.9 Å². The van der Waals surface area contributed by atoms with Crippen molar-refractivity contribution in [1.82, 2.24) is 19.5 Å². The molecule has 198 valence electrons. The zero-order chi connectivity index (χ0) is 26.9. The summed E-state index contributed by atoms with van der Waals surface area (Å²) >= 11 is 0. The summed E-state index contributed by atoms with van der Waals surface area (Å²) in [5, 5.41) is 45.9. The number of hydrazone groups is 1. The van der Waals surface area contributed by atoms with Crippen LogP contribution in [0.1, 0.15) is 25.6 Å². The van der Waals surface area contributed by atoms with Crippen molar-refractivity contribution in [3.05, 3.63) is 44.2 Å². The van der Waals surface area contributed by atoms with E-state index in [1.165, 1.54) is 16.8 Å². The second kappa shape index (κ2) is 10.5. The van der Waals surface area contributed by atoms with Gasteiger partial charge in [-0.05, 0) is 19.9 Å². The van der Waals surface area contributed by atoms with Crippen LogP contribution >= 0.6 is 0 Å². The quantitative estimate of drug-likeness (QED) is 0.120. The molecule has 1 saturated heterocycles. The fraction of sp³-hybridized carbons (Fsp3) is 0.429. The van der Waals surface area contributed by atoms with Gasteiger partial charge in [0.25, 0.3) is 11.2 Å². The number of hydrogen-bond donors (Lipinski definition) is 6.